The van der Waals surface area contributed by atoms with E-state index < -0.39 is 0 Å². The Morgan fingerprint density at radius 2 is 2.15 bits per heavy atom. The molecule has 0 radical (unpaired) electrons. The Hall–Kier alpha value is -2.45. The van der Waals surface area contributed by atoms with Crippen LogP contribution in [0.15, 0.2) is 35.1 Å². The minimum absolute atomic E-state index is 0.112. The summed E-state index contributed by atoms with van der Waals surface area (Å²) in [5.41, 5.74) is 1.41. The van der Waals surface area contributed by atoms with Crippen LogP contribution in [0.3, 0.4) is 0 Å². The summed E-state index contributed by atoms with van der Waals surface area (Å²) in [7, 11) is 1.75. The van der Waals surface area contributed by atoms with Crippen molar-refractivity contribution in [3.8, 4) is 0 Å². The van der Waals surface area contributed by atoms with Gasteiger partial charge in [0.1, 0.15) is 0 Å². The smallest absolute Gasteiger partial charge is 0.275 e. The van der Waals surface area contributed by atoms with Gasteiger partial charge in [-0.15, -0.1) is 5.10 Å². The molecule has 0 atom stereocenters. The molecule has 0 unspecified atom stereocenters. The Bertz CT molecular complexity index is 1020. The number of halogens is 1. The number of amides is 1. The Balaban J connectivity index is 1.67. The van der Waals surface area contributed by atoms with Crippen molar-refractivity contribution in [2.75, 3.05) is 18.5 Å². The molecule has 7 nitrogen and oxygen atoms in total. The van der Waals surface area contributed by atoms with Crippen LogP contribution in [0.4, 0.5) is 5.13 Å². The molecule has 27 heavy (non-hydrogen) atoms. The van der Waals surface area contributed by atoms with Crippen LogP contribution >= 0.6 is 22.9 Å². The minimum Gasteiger partial charge on any atom is -0.350 e. The number of fused-ring (bicyclic) bond motifs is 1. The summed E-state index contributed by atoms with van der Waals surface area (Å²) in [6.07, 6.45) is 1.67. The number of hydrogen-bond donors (Lipinski definition) is 1. The Labute approximate surface area is 165 Å². The molecule has 142 valence electrons. The maximum Gasteiger partial charge on any atom is 0.275 e. The summed E-state index contributed by atoms with van der Waals surface area (Å²) in [5.74, 6) is -0.163. The van der Waals surface area contributed by atoms with Crippen molar-refractivity contribution in [2.24, 2.45) is 0 Å². The van der Waals surface area contributed by atoms with Crippen LogP contribution in [0.25, 0.3) is 4.96 Å². The normalized spacial score (nSPS) is 10.9. The van der Waals surface area contributed by atoms with Gasteiger partial charge in [0.15, 0.2) is 0 Å². The van der Waals surface area contributed by atoms with E-state index >= 15 is 0 Å². The number of aromatic nitrogens is 3. The SMILES string of the molecule is CCCc1cc(=O)n2nc(N(C)CC(=O)NCc3ccccc3Cl)sc2n1. The second-order valence-corrected chi connectivity index (χ2v) is 7.48. The highest BCUT2D eigenvalue weighted by molar-refractivity contribution is 7.20. The molecule has 0 aliphatic rings. The maximum atomic E-state index is 12.2. The molecule has 2 aromatic heterocycles. The number of hydrogen-bond acceptors (Lipinski definition) is 6. The molecule has 1 amide bonds. The highest BCUT2D eigenvalue weighted by Gasteiger charge is 2.14. The lowest BCUT2D eigenvalue weighted by Crippen LogP contribution is -2.35. The monoisotopic (exact) mass is 405 g/mol. The van der Waals surface area contributed by atoms with E-state index in [1.165, 1.54) is 21.9 Å². The number of aryl methyl sites for hydroxylation is 1. The standard InChI is InChI=1S/C18H20ClN5O2S/c1-3-6-13-9-16(26)24-17(21-13)27-18(22-24)23(2)11-15(25)20-10-12-7-4-5-8-14(12)19/h4-5,7-9H,3,6,10-11H2,1-2H3,(H,20,25). The van der Waals surface area contributed by atoms with Crippen LogP contribution < -0.4 is 15.8 Å². The third-order valence-corrected chi connectivity index (χ3v) is 5.33. The van der Waals surface area contributed by atoms with Crippen LogP contribution in [0.5, 0.6) is 0 Å². The Morgan fingerprint density at radius 1 is 1.37 bits per heavy atom. The van der Waals surface area contributed by atoms with Crippen LogP contribution in [0, 0.1) is 0 Å². The zero-order chi connectivity index (χ0) is 19.4. The molecule has 0 aliphatic carbocycles. The van der Waals surface area contributed by atoms with Crippen molar-refractivity contribution in [1.29, 1.82) is 0 Å². The van der Waals surface area contributed by atoms with E-state index in [1.807, 2.05) is 25.1 Å². The van der Waals surface area contributed by atoms with Crippen molar-refractivity contribution < 1.29 is 4.79 Å². The number of likely N-dealkylation sites (N-methyl/N-ethyl adjacent to an activating group) is 1. The molecule has 0 aliphatic heterocycles. The fourth-order valence-electron chi connectivity index (χ4n) is 2.56. The van der Waals surface area contributed by atoms with Gasteiger partial charge in [-0.05, 0) is 18.1 Å². The van der Waals surface area contributed by atoms with Gasteiger partial charge in [-0.25, -0.2) is 4.98 Å². The van der Waals surface area contributed by atoms with Crippen molar-refractivity contribution in [3.63, 3.8) is 0 Å². The second-order valence-electron chi connectivity index (χ2n) is 6.14. The highest BCUT2D eigenvalue weighted by atomic mass is 35.5. The Morgan fingerprint density at radius 3 is 2.89 bits per heavy atom. The molecule has 2 heterocycles. The van der Waals surface area contributed by atoms with Crippen LogP contribution in [0.1, 0.15) is 24.6 Å². The summed E-state index contributed by atoms with van der Waals surface area (Å²) in [4.78, 5) is 31.1. The molecule has 9 heteroatoms. The number of benzene rings is 1. The Kier molecular flexibility index (Phi) is 6.08. The minimum atomic E-state index is -0.206. The summed E-state index contributed by atoms with van der Waals surface area (Å²) in [5, 5.41) is 8.30. The third kappa shape index (κ3) is 4.64. The van der Waals surface area contributed by atoms with E-state index in [0.717, 1.165) is 24.1 Å². The fourth-order valence-corrected chi connectivity index (χ4v) is 3.65. The lowest BCUT2D eigenvalue weighted by molar-refractivity contribution is -0.119. The maximum absolute atomic E-state index is 12.2. The van der Waals surface area contributed by atoms with Gasteiger partial charge in [-0.3, -0.25) is 9.59 Å². The van der Waals surface area contributed by atoms with Crippen LogP contribution in [-0.4, -0.2) is 34.1 Å². The van der Waals surface area contributed by atoms with Crippen molar-refractivity contribution >= 4 is 38.9 Å². The van der Waals surface area contributed by atoms with Gasteiger partial charge in [0.25, 0.3) is 5.56 Å². The summed E-state index contributed by atoms with van der Waals surface area (Å²) in [6, 6.07) is 8.88. The van der Waals surface area contributed by atoms with E-state index in [9.17, 15) is 9.59 Å². The van der Waals surface area contributed by atoms with Crippen molar-refractivity contribution in [3.05, 3.63) is 57.0 Å². The number of rotatable bonds is 7. The number of carbonyl (C=O) groups is 1. The van der Waals surface area contributed by atoms with Gasteiger partial charge in [0.2, 0.25) is 16.0 Å². The van der Waals surface area contributed by atoms with Crippen LogP contribution in [-0.2, 0) is 17.8 Å². The first-order valence-electron chi connectivity index (χ1n) is 8.59. The zero-order valence-corrected chi connectivity index (χ0v) is 16.7. The molecule has 0 bridgehead atoms. The van der Waals surface area contributed by atoms with E-state index in [1.54, 1.807) is 18.0 Å². The van der Waals surface area contributed by atoms with E-state index in [-0.39, 0.29) is 18.0 Å². The lowest BCUT2D eigenvalue weighted by Gasteiger charge is -2.14. The lowest BCUT2D eigenvalue weighted by atomic mass is 10.2. The van der Waals surface area contributed by atoms with Gasteiger partial charge in [0, 0.05) is 30.4 Å². The average molecular weight is 406 g/mol. The molecule has 1 N–H and O–H groups in total. The highest BCUT2D eigenvalue weighted by Crippen LogP contribution is 2.20. The molecule has 0 saturated carbocycles. The molecule has 0 saturated heterocycles. The third-order valence-electron chi connectivity index (χ3n) is 3.93. The summed E-state index contributed by atoms with van der Waals surface area (Å²) >= 11 is 7.38. The van der Waals surface area contributed by atoms with Crippen LogP contribution in [0.2, 0.25) is 5.02 Å². The molecular formula is C18H20ClN5O2S. The number of nitrogens with one attached hydrogen (secondary N) is 1. The molecule has 0 spiro atoms. The average Bonchev–Trinajstić information content (AvgIpc) is 3.06. The summed E-state index contributed by atoms with van der Waals surface area (Å²) in [6.45, 7) is 2.50. The predicted molar refractivity (Wildman–Crippen MR) is 108 cm³/mol. The molecule has 3 rings (SSSR count). The largest absolute Gasteiger partial charge is 0.350 e. The zero-order valence-electron chi connectivity index (χ0n) is 15.1. The van der Waals surface area contributed by atoms with Gasteiger partial charge in [0.05, 0.1) is 6.54 Å². The molecule has 1 aromatic carbocycles. The molecule has 3 aromatic rings. The van der Waals surface area contributed by atoms with E-state index in [2.05, 4.69) is 15.4 Å². The molecule has 0 fully saturated rings. The fraction of sp³-hybridized carbons (Fsp3) is 0.333. The first kappa shape index (κ1) is 19.3. The number of anilines is 1. The van der Waals surface area contributed by atoms with Gasteiger partial charge in [-0.1, -0.05) is 54.5 Å². The van der Waals surface area contributed by atoms with Gasteiger partial charge in [-0.2, -0.15) is 4.52 Å². The van der Waals surface area contributed by atoms with Gasteiger partial charge < -0.3 is 10.2 Å². The number of carbonyl (C=O) groups excluding carboxylic acids is 1. The number of nitrogens with zero attached hydrogens (tertiary/aromatic N) is 4. The first-order valence-corrected chi connectivity index (χ1v) is 9.78. The molecular weight excluding hydrogens is 386 g/mol. The second kappa shape index (κ2) is 8.49. The van der Waals surface area contributed by atoms with Crippen molar-refractivity contribution in [1.82, 2.24) is 19.9 Å². The first-order chi connectivity index (χ1) is 13.0. The van der Waals surface area contributed by atoms with Gasteiger partial charge >= 0.3 is 0 Å². The van der Waals surface area contributed by atoms with Crippen molar-refractivity contribution in [2.45, 2.75) is 26.3 Å². The summed E-state index contributed by atoms with van der Waals surface area (Å²) < 4.78 is 1.28. The van der Waals surface area contributed by atoms with E-state index in [4.69, 9.17) is 11.6 Å². The van der Waals surface area contributed by atoms with E-state index in [0.29, 0.717) is 21.7 Å². The quantitative estimate of drug-likeness (QED) is 0.653. The topological polar surface area (TPSA) is 79.6 Å². The predicted octanol–water partition coefficient (Wildman–Crippen LogP) is 2.51.